The van der Waals surface area contributed by atoms with Crippen molar-refractivity contribution in [2.75, 3.05) is 52.9 Å². The lowest BCUT2D eigenvalue weighted by atomic mass is 9.65. The molecule has 0 amide bonds. The minimum absolute atomic E-state index is 0.310. The Hall–Kier alpha value is -4.72. The molecular weight excluding hydrogens is 781 g/mol. The van der Waals surface area contributed by atoms with Gasteiger partial charge in [0.05, 0.1) is 18.6 Å². The second kappa shape index (κ2) is 24.9. The summed E-state index contributed by atoms with van der Waals surface area (Å²) >= 11 is 0. The van der Waals surface area contributed by atoms with E-state index < -0.39 is 5.41 Å². The highest BCUT2D eigenvalue weighted by Crippen LogP contribution is 2.58. The molecule has 0 heterocycles. The third-order valence-corrected chi connectivity index (χ3v) is 12.9. The number of rotatable bonds is 30. The molecule has 7 rings (SSSR count). The smallest absolute Gasteiger partial charge is 0.127 e. The third kappa shape index (κ3) is 11.5. The molecule has 0 atom stereocenters. The van der Waals surface area contributed by atoms with Gasteiger partial charge in [-0.3, -0.25) is 0 Å². The lowest BCUT2D eigenvalue weighted by molar-refractivity contribution is 0.0975. The van der Waals surface area contributed by atoms with Crippen LogP contribution in [0.2, 0.25) is 0 Å². The molecule has 0 radical (unpaired) electrons. The normalized spacial score (nSPS) is 12.8. The molecule has 1 aliphatic rings. The second-order valence-corrected chi connectivity index (χ2v) is 17.2. The van der Waals surface area contributed by atoms with Crippen LogP contribution in [0, 0.1) is 0 Å². The van der Waals surface area contributed by atoms with Gasteiger partial charge in [0.15, 0.2) is 0 Å². The summed E-state index contributed by atoms with van der Waals surface area (Å²) in [6.07, 6.45) is 18.6. The molecule has 0 saturated carbocycles. The maximum atomic E-state index is 8.97. The minimum Gasteiger partial charge on any atom is -0.491 e. The van der Waals surface area contributed by atoms with Crippen LogP contribution in [-0.4, -0.2) is 63.1 Å². The SMILES string of the molecule is OCCCCCCCCCCOCCOc1cccc2c(C3(c4cccc5c(OCCOCCCCCCCCCCO)cccc45)c4ccccc4-c4ccccc43)cccc12. The van der Waals surface area contributed by atoms with Gasteiger partial charge in [0.2, 0.25) is 0 Å². The first-order chi connectivity index (χ1) is 31.3. The van der Waals surface area contributed by atoms with Crippen LogP contribution in [0.5, 0.6) is 11.5 Å². The molecule has 0 unspecified atom stereocenters. The fourth-order valence-corrected chi connectivity index (χ4v) is 9.81. The van der Waals surface area contributed by atoms with E-state index in [1.165, 1.54) is 108 Å². The van der Waals surface area contributed by atoms with Gasteiger partial charge in [0, 0.05) is 37.2 Å². The Bertz CT molecular complexity index is 2120. The number of hydrogen-bond donors (Lipinski definition) is 2. The molecule has 0 fully saturated rings. The van der Waals surface area contributed by atoms with Crippen LogP contribution in [0.15, 0.2) is 121 Å². The molecule has 334 valence electrons. The highest BCUT2D eigenvalue weighted by atomic mass is 16.5. The molecule has 0 spiro atoms. The average molecular weight is 851 g/mol. The van der Waals surface area contributed by atoms with Crippen molar-refractivity contribution in [2.45, 2.75) is 108 Å². The van der Waals surface area contributed by atoms with Gasteiger partial charge < -0.3 is 29.2 Å². The summed E-state index contributed by atoms with van der Waals surface area (Å²) < 4.78 is 25.1. The number of benzene rings is 6. The van der Waals surface area contributed by atoms with E-state index in [-0.39, 0.29) is 0 Å². The predicted octanol–water partition coefficient (Wildman–Crippen LogP) is 13.4. The lowest BCUT2D eigenvalue weighted by Crippen LogP contribution is -2.29. The topological polar surface area (TPSA) is 77.4 Å². The van der Waals surface area contributed by atoms with E-state index in [4.69, 9.17) is 29.2 Å². The Morgan fingerprint density at radius 1 is 0.302 bits per heavy atom. The highest BCUT2D eigenvalue weighted by Gasteiger charge is 2.47. The summed E-state index contributed by atoms with van der Waals surface area (Å²) in [5.74, 6) is 1.74. The van der Waals surface area contributed by atoms with Crippen molar-refractivity contribution in [3.63, 3.8) is 0 Å². The molecular formula is C57H70O6. The maximum absolute atomic E-state index is 8.97. The first-order valence-electron chi connectivity index (χ1n) is 24.2. The number of aliphatic hydroxyl groups is 2. The van der Waals surface area contributed by atoms with Crippen molar-refractivity contribution in [1.82, 2.24) is 0 Å². The van der Waals surface area contributed by atoms with Crippen molar-refractivity contribution in [1.29, 1.82) is 0 Å². The Morgan fingerprint density at radius 3 is 1.08 bits per heavy atom. The minimum atomic E-state index is -0.617. The van der Waals surface area contributed by atoms with Crippen molar-refractivity contribution in [2.24, 2.45) is 0 Å². The van der Waals surface area contributed by atoms with E-state index in [9.17, 15) is 0 Å². The predicted molar refractivity (Wildman–Crippen MR) is 259 cm³/mol. The summed E-state index contributed by atoms with van der Waals surface area (Å²) in [6.45, 7) is 4.24. The summed E-state index contributed by atoms with van der Waals surface area (Å²) in [4.78, 5) is 0. The van der Waals surface area contributed by atoms with E-state index in [2.05, 4.69) is 121 Å². The van der Waals surface area contributed by atoms with Crippen LogP contribution in [-0.2, 0) is 14.9 Å². The molecule has 6 aromatic rings. The van der Waals surface area contributed by atoms with Crippen LogP contribution < -0.4 is 9.47 Å². The molecule has 0 saturated heterocycles. The van der Waals surface area contributed by atoms with Gasteiger partial charge in [-0.1, -0.05) is 186 Å². The molecule has 0 bridgehead atoms. The summed E-state index contributed by atoms with van der Waals surface area (Å²) in [6, 6.07) is 44.2. The zero-order chi connectivity index (χ0) is 43.4. The van der Waals surface area contributed by atoms with Crippen LogP contribution in [0.1, 0.15) is 125 Å². The highest BCUT2D eigenvalue weighted by molar-refractivity contribution is 6.01. The Kier molecular flexibility index (Phi) is 18.3. The van der Waals surface area contributed by atoms with Crippen LogP contribution in [0.3, 0.4) is 0 Å². The fraction of sp³-hybridized carbons (Fsp3) is 0.439. The molecule has 1 aliphatic carbocycles. The van der Waals surface area contributed by atoms with E-state index in [1.807, 2.05) is 0 Å². The van der Waals surface area contributed by atoms with Crippen molar-refractivity contribution >= 4 is 21.5 Å². The van der Waals surface area contributed by atoms with Gasteiger partial charge in [-0.15, -0.1) is 0 Å². The zero-order valence-electron chi connectivity index (χ0n) is 37.5. The summed E-state index contributed by atoms with van der Waals surface area (Å²) in [5, 5.41) is 22.4. The zero-order valence-corrected chi connectivity index (χ0v) is 37.5. The number of fused-ring (bicyclic) bond motifs is 5. The van der Waals surface area contributed by atoms with Gasteiger partial charge in [-0.05, 0) is 82.0 Å². The van der Waals surface area contributed by atoms with Crippen molar-refractivity contribution < 1.29 is 29.2 Å². The van der Waals surface area contributed by atoms with Gasteiger partial charge in [0.1, 0.15) is 24.7 Å². The van der Waals surface area contributed by atoms with E-state index in [0.29, 0.717) is 39.6 Å². The van der Waals surface area contributed by atoms with Gasteiger partial charge in [0.25, 0.3) is 0 Å². The van der Waals surface area contributed by atoms with Crippen LogP contribution in [0.25, 0.3) is 32.7 Å². The maximum Gasteiger partial charge on any atom is 0.127 e. The molecule has 6 nitrogen and oxygen atoms in total. The Balaban J connectivity index is 1.08. The number of unbranched alkanes of at least 4 members (excludes halogenated alkanes) is 14. The monoisotopic (exact) mass is 851 g/mol. The fourth-order valence-electron chi connectivity index (χ4n) is 9.81. The molecule has 63 heavy (non-hydrogen) atoms. The standard InChI is InChI=1S/C57H70O6/c58-37-17-9-5-1-3-7-11-19-39-60-41-43-62-55-35-23-27-47-49(55)29-21-33-53(47)57(51-31-15-13-25-45(51)46-26-14-16-32-52(46)57)54-34-22-30-50-48(54)28-24-36-56(50)63-44-42-61-40-20-12-8-4-2-6-10-18-38-59/h13-16,21-36,58-59H,1-12,17-20,37-44H2. The van der Waals surface area contributed by atoms with Gasteiger partial charge in [-0.25, -0.2) is 0 Å². The van der Waals surface area contributed by atoms with Crippen molar-refractivity contribution in [3.8, 4) is 22.6 Å². The van der Waals surface area contributed by atoms with Gasteiger partial charge in [-0.2, -0.15) is 0 Å². The van der Waals surface area contributed by atoms with Gasteiger partial charge >= 0.3 is 0 Å². The average Bonchev–Trinajstić information content (AvgIpc) is 3.62. The number of ether oxygens (including phenoxy) is 4. The Labute approximate surface area is 376 Å². The summed E-state index contributed by atoms with van der Waals surface area (Å²) in [5.41, 5.74) is 6.89. The molecule has 2 N–H and O–H groups in total. The van der Waals surface area contributed by atoms with E-state index in [0.717, 1.165) is 74.0 Å². The molecule has 0 aromatic heterocycles. The first kappa shape index (κ1) is 46.3. The van der Waals surface area contributed by atoms with E-state index in [1.54, 1.807) is 0 Å². The molecule has 6 heteroatoms. The lowest BCUT2D eigenvalue weighted by Gasteiger charge is -2.36. The van der Waals surface area contributed by atoms with Crippen molar-refractivity contribution in [3.05, 3.63) is 144 Å². The molecule has 0 aliphatic heterocycles. The second-order valence-electron chi connectivity index (χ2n) is 17.2. The number of aliphatic hydroxyl groups excluding tert-OH is 2. The summed E-state index contributed by atoms with van der Waals surface area (Å²) in [7, 11) is 0. The van der Waals surface area contributed by atoms with Crippen LogP contribution >= 0.6 is 0 Å². The number of hydrogen-bond acceptors (Lipinski definition) is 6. The molecule has 6 aromatic carbocycles. The third-order valence-electron chi connectivity index (χ3n) is 12.9. The largest absolute Gasteiger partial charge is 0.491 e. The quantitative estimate of drug-likeness (QED) is 0.0439. The Morgan fingerprint density at radius 2 is 0.651 bits per heavy atom. The first-order valence-corrected chi connectivity index (χ1v) is 24.2. The van der Waals surface area contributed by atoms with E-state index >= 15 is 0 Å². The van der Waals surface area contributed by atoms with Crippen LogP contribution in [0.4, 0.5) is 0 Å².